The number of primary amides is 1. The molecular formula is C14H19ClN2O. The van der Waals surface area contributed by atoms with E-state index in [9.17, 15) is 4.79 Å². The van der Waals surface area contributed by atoms with E-state index in [1.165, 1.54) is 5.56 Å². The molecular weight excluding hydrogens is 248 g/mol. The van der Waals surface area contributed by atoms with Gasteiger partial charge in [-0.15, -0.1) is 0 Å². The first kappa shape index (κ1) is 13.4. The van der Waals surface area contributed by atoms with Crippen molar-refractivity contribution in [3.63, 3.8) is 0 Å². The average molecular weight is 267 g/mol. The molecule has 1 aromatic carbocycles. The molecule has 0 aromatic heterocycles. The Bertz CT molecular complexity index is 422. The molecule has 1 aromatic rings. The molecule has 2 N–H and O–H groups in total. The quantitative estimate of drug-likeness (QED) is 0.912. The van der Waals surface area contributed by atoms with Gasteiger partial charge in [-0.1, -0.05) is 23.7 Å². The monoisotopic (exact) mass is 266 g/mol. The minimum absolute atomic E-state index is 0.108. The second-order valence-electron chi connectivity index (χ2n) is 5.23. The average Bonchev–Trinajstić information content (AvgIpc) is 2.33. The number of carbonyl (C=O) groups is 1. The summed E-state index contributed by atoms with van der Waals surface area (Å²) in [7, 11) is 2.11. The van der Waals surface area contributed by atoms with E-state index in [-0.39, 0.29) is 11.3 Å². The summed E-state index contributed by atoms with van der Waals surface area (Å²) < 4.78 is 0. The highest BCUT2D eigenvalue weighted by atomic mass is 35.5. The second-order valence-corrected chi connectivity index (χ2v) is 5.67. The zero-order chi connectivity index (χ0) is 13.2. The topological polar surface area (TPSA) is 46.3 Å². The Morgan fingerprint density at radius 3 is 2.39 bits per heavy atom. The van der Waals surface area contributed by atoms with Crippen molar-refractivity contribution in [3.05, 3.63) is 34.9 Å². The highest BCUT2D eigenvalue weighted by Crippen LogP contribution is 2.38. The standard InChI is InChI=1S/C14H19ClN2O/c1-17-8-6-14(7-9-17,10-13(16)18)11-2-4-12(15)5-3-11/h2-5H,6-10H2,1H3,(H2,16,18). The van der Waals surface area contributed by atoms with Crippen LogP contribution in [0.3, 0.4) is 0 Å². The van der Waals surface area contributed by atoms with E-state index in [1.807, 2.05) is 24.3 Å². The molecule has 1 fully saturated rings. The van der Waals surface area contributed by atoms with Crippen molar-refractivity contribution in [1.29, 1.82) is 0 Å². The molecule has 1 amide bonds. The molecule has 0 bridgehead atoms. The Morgan fingerprint density at radius 2 is 1.89 bits per heavy atom. The smallest absolute Gasteiger partial charge is 0.218 e. The second kappa shape index (κ2) is 5.29. The number of benzene rings is 1. The van der Waals surface area contributed by atoms with Crippen LogP contribution in [0.25, 0.3) is 0 Å². The van der Waals surface area contributed by atoms with E-state index < -0.39 is 0 Å². The van der Waals surface area contributed by atoms with Gasteiger partial charge < -0.3 is 10.6 Å². The van der Waals surface area contributed by atoms with Crippen LogP contribution in [0.5, 0.6) is 0 Å². The minimum atomic E-state index is -0.227. The van der Waals surface area contributed by atoms with Gasteiger partial charge in [-0.2, -0.15) is 0 Å². The molecule has 1 aliphatic heterocycles. The van der Waals surface area contributed by atoms with Gasteiger partial charge >= 0.3 is 0 Å². The van der Waals surface area contributed by atoms with Crippen molar-refractivity contribution in [2.75, 3.05) is 20.1 Å². The molecule has 3 nitrogen and oxygen atoms in total. The van der Waals surface area contributed by atoms with Gasteiger partial charge in [0.2, 0.25) is 5.91 Å². The number of halogens is 1. The number of likely N-dealkylation sites (tertiary alicyclic amines) is 1. The maximum absolute atomic E-state index is 11.4. The van der Waals surface area contributed by atoms with Crippen molar-refractivity contribution < 1.29 is 4.79 Å². The Morgan fingerprint density at radius 1 is 1.33 bits per heavy atom. The minimum Gasteiger partial charge on any atom is -0.370 e. The molecule has 1 heterocycles. The van der Waals surface area contributed by atoms with Crippen LogP contribution in [0.2, 0.25) is 5.02 Å². The lowest BCUT2D eigenvalue weighted by molar-refractivity contribution is -0.119. The summed E-state index contributed by atoms with van der Waals surface area (Å²) in [5.74, 6) is -0.227. The fourth-order valence-corrected chi connectivity index (χ4v) is 2.88. The predicted octanol–water partition coefficient (Wildman–Crippen LogP) is 2.18. The lowest BCUT2D eigenvalue weighted by Crippen LogP contribution is -2.43. The number of amides is 1. The van der Waals surface area contributed by atoms with Crippen molar-refractivity contribution >= 4 is 17.5 Å². The van der Waals surface area contributed by atoms with Gasteiger partial charge in [-0.05, 0) is 50.7 Å². The van der Waals surface area contributed by atoms with Crippen LogP contribution in [0.4, 0.5) is 0 Å². The number of carbonyl (C=O) groups excluding carboxylic acids is 1. The Balaban J connectivity index is 2.29. The number of rotatable bonds is 3. The molecule has 2 rings (SSSR count). The highest BCUT2D eigenvalue weighted by Gasteiger charge is 2.36. The number of hydrogen-bond donors (Lipinski definition) is 1. The molecule has 1 saturated heterocycles. The first-order valence-electron chi connectivity index (χ1n) is 6.25. The summed E-state index contributed by atoms with van der Waals surface area (Å²) in [6.07, 6.45) is 2.35. The van der Waals surface area contributed by atoms with Crippen molar-refractivity contribution in [1.82, 2.24) is 4.90 Å². The van der Waals surface area contributed by atoms with Gasteiger partial charge in [-0.25, -0.2) is 0 Å². The van der Waals surface area contributed by atoms with Gasteiger partial charge in [0.25, 0.3) is 0 Å². The van der Waals surface area contributed by atoms with Crippen LogP contribution in [-0.4, -0.2) is 30.9 Å². The normalized spacial score (nSPS) is 19.7. The Hall–Kier alpha value is -1.06. The van der Waals surface area contributed by atoms with E-state index in [2.05, 4.69) is 11.9 Å². The number of hydrogen-bond acceptors (Lipinski definition) is 2. The highest BCUT2D eigenvalue weighted by molar-refractivity contribution is 6.30. The lowest BCUT2D eigenvalue weighted by Gasteiger charge is -2.40. The van der Waals surface area contributed by atoms with Crippen LogP contribution >= 0.6 is 11.6 Å². The van der Waals surface area contributed by atoms with Gasteiger partial charge in [0.15, 0.2) is 0 Å². The summed E-state index contributed by atoms with van der Waals surface area (Å²) >= 11 is 5.93. The SMILES string of the molecule is CN1CCC(CC(N)=O)(c2ccc(Cl)cc2)CC1. The van der Waals surface area contributed by atoms with Crippen LogP contribution in [0.1, 0.15) is 24.8 Å². The number of piperidine rings is 1. The summed E-state index contributed by atoms with van der Waals surface area (Å²) in [5.41, 5.74) is 6.50. The number of nitrogens with two attached hydrogens (primary N) is 1. The fourth-order valence-electron chi connectivity index (χ4n) is 2.75. The maximum Gasteiger partial charge on any atom is 0.218 e. The van der Waals surface area contributed by atoms with Crippen molar-refractivity contribution in [2.24, 2.45) is 5.73 Å². The zero-order valence-corrected chi connectivity index (χ0v) is 11.4. The third kappa shape index (κ3) is 2.85. The van der Waals surface area contributed by atoms with Crippen LogP contribution in [0.15, 0.2) is 24.3 Å². The summed E-state index contributed by atoms with van der Waals surface area (Å²) in [4.78, 5) is 13.7. The molecule has 0 unspecified atom stereocenters. The van der Waals surface area contributed by atoms with E-state index in [0.717, 1.165) is 31.0 Å². The Labute approximate surface area is 113 Å². The molecule has 0 radical (unpaired) electrons. The van der Waals surface area contributed by atoms with Crippen LogP contribution < -0.4 is 5.73 Å². The van der Waals surface area contributed by atoms with Gasteiger partial charge in [0, 0.05) is 16.9 Å². The third-order valence-corrected chi connectivity index (χ3v) is 4.17. The first-order chi connectivity index (χ1) is 8.52. The number of nitrogens with zero attached hydrogens (tertiary/aromatic N) is 1. The molecule has 4 heteroatoms. The fraction of sp³-hybridized carbons (Fsp3) is 0.500. The predicted molar refractivity (Wildman–Crippen MR) is 73.7 cm³/mol. The molecule has 98 valence electrons. The summed E-state index contributed by atoms with van der Waals surface area (Å²) in [6.45, 7) is 1.99. The van der Waals surface area contributed by atoms with Gasteiger partial charge in [0.1, 0.15) is 0 Å². The van der Waals surface area contributed by atoms with Gasteiger partial charge in [-0.3, -0.25) is 4.79 Å². The molecule has 0 saturated carbocycles. The molecule has 0 aliphatic carbocycles. The van der Waals surface area contributed by atoms with Crippen LogP contribution in [-0.2, 0) is 10.2 Å². The zero-order valence-electron chi connectivity index (χ0n) is 10.7. The van der Waals surface area contributed by atoms with E-state index in [1.54, 1.807) is 0 Å². The van der Waals surface area contributed by atoms with Crippen LogP contribution in [0, 0.1) is 0 Å². The van der Waals surface area contributed by atoms with E-state index >= 15 is 0 Å². The molecule has 0 atom stereocenters. The first-order valence-corrected chi connectivity index (χ1v) is 6.62. The van der Waals surface area contributed by atoms with E-state index in [0.29, 0.717) is 6.42 Å². The maximum atomic E-state index is 11.4. The third-order valence-electron chi connectivity index (χ3n) is 3.91. The summed E-state index contributed by atoms with van der Waals surface area (Å²) in [6, 6.07) is 7.82. The molecule has 18 heavy (non-hydrogen) atoms. The van der Waals surface area contributed by atoms with Crippen molar-refractivity contribution in [2.45, 2.75) is 24.7 Å². The largest absolute Gasteiger partial charge is 0.370 e. The molecule has 1 aliphatic rings. The lowest BCUT2D eigenvalue weighted by atomic mass is 9.70. The van der Waals surface area contributed by atoms with Crippen molar-refractivity contribution in [3.8, 4) is 0 Å². The van der Waals surface area contributed by atoms with Gasteiger partial charge in [0.05, 0.1) is 0 Å². The Kier molecular flexibility index (Phi) is 3.93. The molecule has 0 spiro atoms. The van der Waals surface area contributed by atoms with E-state index in [4.69, 9.17) is 17.3 Å². The summed E-state index contributed by atoms with van der Waals surface area (Å²) in [5, 5.41) is 0.723.